The zero-order valence-electron chi connectivity index (χ0n) is 76.5. The van der Waals surface area contributed by atoms with Crippen molar-refractivity contribution in [2.24, 2.45) is 178 Å². The highest BCUT2D eigenvalue weighted by Crippen LogP contribution is 2.65. The summed E-state index contributed by atoms with van der Waals surface area (Å²) in [6.45, 7) is 1.90. The fraction of sp³-hybridized carbons (Fsp3) is 0.500. The molecule has 10 saturated carbocycles. The third-order valence-electron chi connectivity index (χ3n) is 34.6. The Morgan fingerprint density at radius 2 is 0.453 bits per heavy atom. The molecule has 24 fully saturated rings. The highest BCUT2D eigenvalue weighted by atomic mass is 16.6. The predicted octanol–water partition coefficient (Wildman–Crippen LogP) is 0.0845. The van der Waals surface area contributed by atoms with E-state index in [2.05, 4.69) is 46.7 Å². The first kappa shape index (κ1) is 96.7. The van der Waals surface area contributed by atoms with E-state index in [0.29, 0.717) is 44.1 Å². The topological polar surface area (TPSA) is 702 Å². The van der Waals surface area contributed by atoms with Gasteiger partial charge in [0.25, 0.3) is 0 Å². The SMILES string of the molecule is Cc1ccc2c(c1)C1C(=O)OC(=O)C1CC2C1CC(=O)OC1=O.O=C1CC(C2CC3C(=O)OC(=O)C3c3ccccc32)C(=O)O1.O=C1CC2C(CC3C(=O)OC(=O)C32)C(=O)O1.O=C1CC2C3CCC(C2C(=O)O1)C1C(=O)OC(=O)C31.O=C1OC(=O)C2C3CCC(C12)C1C(=O)OC(=O)C31.O=C1OC(=O)C2CC1C1C3CC(C(=O)OC3=O)C21.O=C1OC(=O)C2CC3C(=O)OC(=O)C3CC12.O=c1oc(=O)c2cc3c(=O)oc(=O)c3cc12. The van der Waals surface area contributed by atoms with Crippen LogP contribution in [0.1, 0.15) is 148 Å². The smallest absolute Gasteiger partial charge is 0.346 e. The molecule has 0 spiro atoms. The Labute approximate surface area is 823 Å². The molecular weight excluding hydrogens is 1970 g/mol. The Bertz CT molecular complexity index is 6870. The molecule has 148 heavy (non-hydrogen) atoms. The van der Waals surface area contributed by atoms with Crippen molar-refractivity contribution in [3.63, 3.8) is 0 Å². The van der Waals surface area contributed by atoms with Crippen LogP contribution in [-0.4, -0.2) is 167 Å². The van der Waals surface area contributed by atoms with Gasteiger partial charge in [0.05, 0.1) is 183 Å². The number of furan rings is 2. The van der Waals surface area contributed by atoms with Crippen LogP contribution in [0, 0.1) is 184 Å². The molecule has 2 aromatic heterocycles. The van der Waals surface area contributed by atoms with Crippen LogP contribution in [0.25, 0.3) is 21.5 Å². The van der Waals surface area contributed by atoms with Crippen LogP contribution in [0.3, 0.4) is 0 Å². The minimum absolute atomic E-state index is 0.0111. The van der Waals surface area contributed by atoms with Crippen molar-refractivity contribution in [1.29, 1.82) is 0 Å². The Morgan fingerprint density at radius 1 is 0.189 bits per heavy atom. The second-order valence-electron chi connectivity index (χ2n) is 41.3. The summed E-state index contributed by atoms with van der Waals surface area (Å²) in [4.78, 5) is 370. The van der Waals surface area contributed by atoms with Crippen LogP contribution in [0.5, 0.6) is 0 Å². The first-order chi connectivity index (χ1) is 70.5. The lowest BCUT2D eigenvalue weighted by Crippen LogP contribution is -2.57. The number of rotatable bonds is 2. The number of benzene rings is 3. The molecule has 30 unspecified atom stereocenters. The first-order valence-electron chi connectivity index (χ1n) is 47.9. The highest BCUT2D eigenvalue weighted by molar-refractivity contribution is 6.08. The van der Waals surface area contributed by atoms with E-state index < -0.39 is 338 Å². The number of aryl methyl sites for hydroxylation is 1. The monoisotopic (exact) mass is 2040 g/mol. The summed E-state index contributed by atoms with van der Waals surface area (Å²) in [7, 11) is 0. The van der Waals surface area contributed by atoms with Gasteiger partial charge in [-0.2, -0.15) is 0 Å². The molecule has 31 rings (SSSR count). The van der Waals surface area contributed by atoms with Crippen molar-refractivity contribution in [3.8, 4) is 0 Å². The Hall–Kier alpha value is -16.1. The van der Waals surface area contributed by atoms with E-state index in [1.54, 1.807) is 12.1 Å². The maximum atomic E-state index is 12.0. The number of fused-ring (bicyclic) bond motifs is 24. The van der Waals surface area contributed by atoms with Crippen LogP contribution >= 0.6 is 0 Å². The lowest BCUT2D eigenvalue weighted by molar-refractivity contribution is -0.188. The minimum Gasteiger partial charge on any atom is -0.393 e. The molecule has 0 radical (unpaired) electrons. The molecule has 5 aromatic rings. The number of ether oxygens (including phenoxy) is 14. The van der Waals surface area contributed by atoms with Crippen LogP contribution < -0.4 is 22.5 Å². The zero-order chi connectivity index (χ0) is 105. The third kappa shape index (κ3) is 15.4. The van der Waals surface area contributed by atoms with Gasteiger partial charge in [-0.05, 0) is 171 Å². The standard InChI is InChI=1S/C17H14O6.C16H12O6.C13H12O6.2C12H10O6.2C10H8O6.C10H2O6/c1-7-2-3-8-9(11-6-13(18)22-15(11)19)5-12-14(10(8)4-7)17(21)23-16(12)20;17-12-6-10(14(18)21-12)9-5-11-13(16(20)22-15(11)19)8-4-2-1-3-7(8)9;14-7-3-6-4-1-2-5(8(6)11(15)18-7)10-9(4)12(16)19-13(10)17;13-9-3-1-4(10(14)17-9)8-6-2-5(7(3)8)11(15)18-12(6)16;13-9-5-3-1-2-4(7(5)11(15)17-9)8-6(3)10(14)18-12(8)16;11-6-2-3-4(8(12)15-6)1-5-7(3)10(14)16-9(5)13;2*11-7-3-1-4-6(10(14)16-8(4)12)2-5(3)9(13)15-7/h2-4,9,11-12,14H,5-6H2,1H3;1-4,9-11,13H,5-6H2;4-6,8-10H,1-3H2;2*3-8H,1-2H2;3-5,7H,1-2H2;3-6H,1-2H2;1-2H. The molecule has 3 aromatic carbocycles. The molecule has 12 aliphatic carbocycles. The summed E-state index contributed by atoms with van der Waals surface area (Å²) in [6, 6.07) is 15.1. The second kappa shape index (κ2) is 35.7. The fourth-order valence-electron chi connectivity index (χ4n) is 28.5. The number of carbonyl (C=O) groups is 28. The zero-order valence-corrected chi connectivity index (χ0v) is 76.5. The Morgan fingerprint density at radius 3 is 0.851 bits per heavy atom. The Balaban J connectivity index is 0.0000000962. The average Bonchev–Trinajstić information content (AvgIpc) is 1.54. The summed E-state index contributed by atoms with van der Waals surface area (Å²) in [5.41, 5.74) is 0.767. The number of carbonyl (C=O) groups excluding carboxylic acids is 28. The van der Waals surface area contributed by atoms with Crippen LogP contribution in [-0.2, 0) is 201 Å². The fourth-order valence-corrected chi connectivity index (χ4v) is 28.5. The van der Waals surface area contributed by atoms with E-state index in [-0.39, 0.29) is 120 Å². The van der Waals surface area contributed by atoms with Crippen LogP contribution in [0.2, 0.25) is 0 Å². The number of cyclic esters (lactones) is 28. The normalized spacial score (nSPS) is 38.2. The van der Waals surface area contributed by atoms with Crippen LogP contribution in [0.4, 0.5) is 0 Å². The van der Waals surface area contributed by atoms with E-state index in [4.69, 9.17) is 28.4 Å². The lowest BCUT2D eigenvalue weighted by Gasteiger charge is -2.52. The van der Waals surface area contributed by atoms with Gasteiger partial charge in [0.15, 0.2) is 0 Å². The van der Waals surface area contributed by atoms with E-state index in [9.17, 15) is 153 Å². The van der Waals surface area contributed by atoms with E-state index in [1.165, 1.54) is 0 Å². The van der Waals surface area contributed by atoms with Crippen LogP contribution in [0.15, 0.2) is 82.6 Å². The maximum absolute atomic E-state index is 12.0. The molecular formula is C100H76O48. The van der Waals surface area contributed by atoms with E-state index >= 15 is 0 Å². The Kier molecular flexibility index (Phi) is 23.3. The molecule has 14 aliphatic heterocycles. The molecule has 0 N–H and O–H groups in total. The van der Waals surface area contributed by atoms with Gasteiger partial charge in [-0.25, -0.2) is 19.2 Å². The summed E-state index contributed by atoms with van der Waals surface area (Å²) in [5.74, 6) is -30.9. The first-order valence-corrected chi connectivity index (χ1v) is 47.9. The summed E-state index contributed by atoms with van der Waals surface area (Å²) in [6.07, 6.45) is 5.15. The van der Waals surface area contributed by atoms with Gasteiger partial charge in [-0.1, -0.05) is 48.0 Å². The molecule has 30 atom stereocenters. The minimum atomic E-state index is -0.824. The number of esters is 28. The predicted molar refractivity (Wildman–Crippen MR) is 451 cm³/mol. The average molecular weight is 2050 g/mol. The van der Waals surface area contributed by atoms with Crippen molar-refractivity contribution >= 4 is 189 Å². The van der Waals surface area contributed by atoms with Crippen molar-refractivity contribution in [3.05, 3.63) is 124 Å². The quantitative estimate of drug-likeness (QED) is 0.0977. The summed E-state index contributed by atoms with van der Waals surface area (Å²) in [5, 5.41) is -0.0726. The molecule has 48 nitrogen and oxygen atoms in total. The van der Waals surface area contributed by atoms with Gasteiger partial charge in [0.2, 0.25) is 0 Å². The van der Waals surface area contributed by atoms with Crippen molar-refractivity contribution < 1.29 is 209 Å². The molecule has 16 heterocycles. The number of hydrogen-bond acceptors (Lipinski definition) is 48. The van der Waals surface area contributed by atoms with Gasteiger partial charge < -0.3 is 75.2 Å². The molecule has 14 saturated heterocycles. The molecule has 48 heteroatoms. The third-order valence-corrected chi connectivity index (χ3v) is 34.6. The van der Waals surface area contributed by atoms with E-state index in [0.717, 1.165) is 47.2 Å². The van der Waals surface area contributed by atoms with Gasteiger partial charge in [0, 0.05) is 6.42 Å². The van der Waals surface area contributed by atoms with E-state index in [1.807, 2.05) is 37.3 Å². The van der Waals surface area contributed by atoms with Gasteiger partial charge >= 0.3 is 190 Å². The largest absolute Gasteiger partial charge is 0.393 e. The van der Waals surface area contributed by atoms with Crippen molar-refractivity contribution in [2.75, 3.05) is 0 Å². The van der Waals surface area contributed by atoms with Gasteiger partial charge in [-0.15, -0.1) is 0 Å². The molecule has 0 amide bonds. The molecule has 8 bridgehead atoms. The highest BCUT2D eigenvalue weighted by Gasteiger charge is 2.73. The second-order valence-corrected chi connectivity index (χ2v) is 41.3. The molecule has 26 aliphatic rings. The van der Waals surface area contributed by atoms with Gasteiger partial charge in [0.1, 0.15) is 0 Å². The van der Waals surface area contributed by atoms with Crippen molar-refractivity contribution in [2.45, 2.75) is 127 Å². The van der Waals surface area contributed by atoms with Gasteiger partial charge in [-0.3, -0.25) is 134 Å². The molecule has 764 valence electrons. The maximum Gasteiger partial charge on any atom is 0.346 e. The van der Waals surface area contributed by atoms with Crippen molar-refractivity contribution in [1.82, 2.24) is 0 Å². The lowest BCUT2D eigenvalue weighted by atomic mass is 9.49. The summed E-state index contributed by atoms with van der Waals surface area (Å²) < 4.78 is 73.8. The number of hydrogen-bond donors (Lipinski definition) is 0. The summed E-state index contributed by atoms with van der Waals surface area (Å²) >= 11 is 0.